The molecule has 1 heterocycles. The van der Waals surface area contributed by atoms with E-state index in [-0.39, 0.29) is 0 Å². The van der Waals surface area contributed by atoms with Crippen LogP contribution in [-0.4, -0.2) is 16.5 Å². The third kappa shape index (κ3) is 3.40. The first-order valence-corrected chi connectivity index (χ1v) is 8.86. The smallest absolute Gasteiger partial charge is 0.248 e. The van der Waals surface area contributed by atoms with E-state index in [1.54, 1.807) is 0 Å². The lowest BCUT2D eigenvalue weighted by Crippen LogP contribution is -2.19. The standard InChI is InChI=1S/C22H20N4O/c1-2-26(18-10-4-3-5-11-18)21-20(23)22(25-15-24-21)27-19-13-12-16-8-6-7-9-17(16)14-19/h3-15H,2,23H2,1H3. The molecule has 0 atom stereocenters. The molecule has 0 saturated carbocycles. The molecule has 0 radical (unpaired) electrons. The molecule has 1 aromatic heterocycles. The van der Waals surface area contributed by atoms with Crippen molar-refractivity contribution in [3.63, 3.8) is 0 Å². The molecule has 0 aliphatic carbocycles. The fourth-order valence-corrected chi connectivity index (χ4v) is 3.07. The van der Waals surface area contributed by atoms with Gasteiger partial charge >= 0.3 is 0 Å². The number of para-hydroxylation sites is 1. The van der Waals surface area contributed by atoms with E-state index in [0.717, 1.165) is 23.0 Å². The second kappa shape index (κ2) is 7.33. The van der Waals surface area contributed by atoms with E-state index in [4.69, 9.17) is 10.5 Å². The number of hydrogen-bond donors (Lipinski definition) is 1. The van der Waals surface area contributed by atoms with Crippen molar-refractivity contribution in [2.45, 2.75) is 6.92 Å². The fraction of sp³-hybridized carbons (Fsp3) is 0.0909. The lowest BCUT2D eigenvalue weighted by atomic mass is 10.1. The van der Waals surface area contributed by atoms with Crippen LogP contribution in [0.25, 0.3) is 10.8 Å². The maximum atomic E-state index is 6.37. The van der Waals surface area contributed by atoms with Gasteiger partial charge < -0.3 is 15.4 Å². The predicted octanol–water partition coefficient (Wildman–Crippen LogP) is 5.16. The van der Waals surface area contributed by atoms with Crippen LogP contribution in [0.2, 0.25) is 0 Å². The number of anilines is 3. The van der Waals surface area contributed by atoms with Crippen molar-refractivity contribution in [1.82, 2.24) is 9.97 Å². The second-order valence-corrected chi connectivity index (χ2v) is 6.11. The minimum Gasteiger partial charge on any atom is -0.437 e. The highest BCUT2D eigenvalue weighted by Gasteiger charge is 2.17. The lowest BCUT2D eigenvalue weighted by Gasteiger charge is -2.23. The van der Waals surface area contributed by atoms with Gasteiger partial charge in [0.1, 0.15) is 17.8 Å². The number of aromatic nitrogens is 2. The van der Waals surface area contributed by atoms with Crippen LogP contribution in [0.5, 0.6) is 11.6 Å². The summed E-state index contributed by atoms with van der Waals surface area (Å²) in [5, 5.41) is 2.25. The first-order chi connectivity index (χ1) is 13.3. The molecular weight excluding hydrogens is 336 g/mol. The molecule has 0 unspecified atom stereocenters. The van der Waals surface area contributed by atoms with Gasteiger partial charge in [0.15, 0.2) is 5.82 Å². The van der Waals surface area contributed by atoms with Gasteiger partial charge in [-0.1, -0.05) is 48.5 Å². The zero-order valence-electron chi connectivity index (χ0n) is 15.0. The summed E-state index contributed by atoms with van der Waals surface area (Å²) in [5.74, 6) is 1.67. The van der Waals surface area contributed by atoms with E-state index in [1.807, 2.05) is 71.6 Å². The van der Waals surface area contributed by atoms with Gasteiger partial charge in [0.2, 0.25) is 5.88 Å². The second-order valence-electron chi connectivity index (χ2n) is 6.11. The number of benzene rings is 3. The highest BCUT2D eigenvalue weighted by molar-refractivity contribution is 5.84. The average Bonchev–Trinajstić information content (AvgIpc) is 2.72. The van der Waals surface area contributed by atoms with Gasteiger partial charge in [0, 0.05) is 12.2 Å². The number of nitrogens with zero attached hydrogens (tertiary/aromatic N) is 3. The Labute approximate surface area is 158 Å². The van der Waals surface area contributed by atoms with Crippen molar-refractivity contribution in [2.24, 2.45) is 0 Å². The van der Waals surface area contributed by atoms with E-state index in [0.29, 0.717) is 23.1 Å². The van der Waals surface area contributed by atoms with Crippen LogP contribution in [0.4, 0.5) is 17.2 Å². The third-order valence-electron chi connectivity index (χ3n) is 4.40. The molecule has 3 aromatic carbocycles. The van der Waals surface area contributed by atoms with Crippen LogP contribution in [0, 0.1) is 0 Å². The van der Waals surface area contributed by atoms with Crippen LogP contribution >= 0.6 is 0 Å². The van der Waals surface area contributed by atoms with Crippen molar-refractivity contribution >= 4 is 28.0 Å². The largest absolute Gasteiger partial charge is 0.437 e. The van der Waals surface area contributed by atoms with E-state index in [2.05, 4.69) is 23.0 Å². The maximum Gasteiger partial charge on any atom is 0.248 e. The Morgan fingerprint density at radius 3 is 2.41 bits per heavy atom. The van der Waals surface area contributed by atoms with E-state index in [1.165, 1.54) is 6.33 Å². The number of fused-ring (bicyclic) bond motifs is 1. The topological polar surface area (TPSA) is 64.3 Å². The van der Waals surface area contributed by atoms with Crippen LogP contribution in [0.3, 0.4) is 0 Å². The highest BCUT2D eigenvalue weighted by Crippen LogP contribution is 2.35. The van der Waals surface area contributed by atoms with Gasteiger partial charge in [-0.2, -0.15) is 4.98 Å². The summed E-state index contributed by atoms with van der Waals surface area (Å²) >= 11 is 0. The monoisotopic (exact) mass is 356 g/mol. The first-order valence-electron chi connectivity index (χ1n) is 8.86. The van der Waals surface area contributed by atoms with Crippen molar-refractivity contribution in [2.75, 3.05) is 17.2 Å². The van der Waals surface area contributed by atoms with E-state index in [9.17, 15) is 0 Å². The Hall–Kier alpha value is -3.60. The number of rotatable bonds is 5. The minimum absolute atomic E-state index is 0.352. The van der Waals surface area contributed by atoms with Crippen LogP contribution in [-0.2, 0) is 0 Å². The van der Waals surface area contributed by atoms with Gasteiger partial charge in [-0.05, 0) is 42.0 Å². The molecule has 134 valence electrons. The molecule has 4 rings (SSSR count). The van der Waals surface area contributed by atoms with Gasteiger partial charge in [-0.25, -0.2) is 4.98 Å². The Morgan fingerprint density at radius 1 is 0.889 bits per heavy atom. The summed E-state index contributed by atoms with van der Waals surface area (Å²) < 4.78 is 5.99. The summed E-state index contributed by atoms with van der Waals surface area (Å²) in [6.07, 6.45) is 1.48. The average molecular weight is 356 g/mol. The van der Waals surface area contributed by atoms with Gasteiger partial charge in [-0.3, -0.25) is 0 Å². The third-order valence-corrected chi connectivity index (χ3v) is 4.40. The Bertz CT molecular complexity index is 1070. The molecule has 0 aliphatic rings. The molecule has 5 nitrogen and oxygen atoms in total. The molecule has 0 bridgehead atoms. The van der Waals surface area contributed by atoms with E-state index >= 15 is 0 Å². The van der Waals surface area contributed by atoms with Crippen molar-refractivity contribution < 1.29 is 4.74 Å². The molecule has 0 saturated heterocycles. The van der Waals surface area contributed by atoms with Gasteiger partial charge in [-0.15, -0.1) is 0 Å². The summed E-state index contributed by atoms with van der Waals surface area (Å²) in [5.41, 5.74) is 7.80. The Kier molecular flexibility index (Phi) is 4.58. The molecule has 0 amide bonds. The van der Waals surface area contributed by atoms with Gasteiger partial charge in [0.25, 0.3) is 0 Å². The van der Waals surface area contributed by atoms with Crippen molar-refractivity contribution in [3.05, 3.63) is 79.1 Å². The summed E-state index contributed by atoms with van der Waals surface area (Å²) in [6, 6.07) is 24.0. The zero-order valence-corrected chi connectivity index (χ0v) is 15.0. The Morgan fingerprint density at radius 2 is 1.63 bits per heavy atom. The quantitative estimate of drug-likeness (QED) is 0.535. The molecule has 2 N–H and O–H groups in total. The number of ether oxygens (including phenoxy) is 1. The molecule has 0 fully saturated rings. The molecular formula is C22H20N4O. The zero-order chi connectivity index (χ0) is 18.6. The molecule has 5 heteroatoms. The molecule has 0 aliphatic heterocycles. The van der Waals surface area contributed by atoms with Crippen LogP contribution < -0.4 is 15.4 Å². The predicted molar refractivity (Wildman–Crippen MR) is 110 cm³/mol. The first kappa shape index (κ1) is 16.8. The summed E-state index contributed by atoms with van der Waals surface area (Å²) in [4.78, 5) is 10.7. The van der Waals surface area contributed by atoms with Crippen molar-refractivity contribution in [1.29, 1.82) is 0 Å². The van der Waals surface area contributed by atoms with Crippen molar-refractivity contribution in [3.8, 4) is 11.6 Å². The highest BCUT2D eigenvalue weighted by atomic mass is 16.5. The number of hydrogen-bond acceptors (Lipinski definition) is 5. The fourth-order valence-electron chi connectivity index (χ4n) is 3.07. The minimum atomic E-state index is 0.352. The molecule has 27 heavy (non-hydrogen) atoms. The summed E-state index contributed by atoms with van der Waals surface area (Å²) in [6.45, 7) is 2.78. The normalized spacial score (nSPS) is 10.7. The number of nitrogen functional groups attached to an aromatic ring is 1. The van der Waals surface area contributed by atoms with Crippen LogP contribution in [0.15, 0.2) is 79.1 Å². The van der Waals surface area contributed by atoms with Crippen LogP contribution in [0.1, 0.15) is 6.92 Å². The lowest BCUT2D eigenvalue weighted by molar-refractivity contribution is 0.465. The SMILES string of the molecule is CCN(c1ccccc1)c1ncnc(Oc2ccc3ccccc3c2)c1N. The van der Waals surface area contributed by atoms with E-state index < -0.39 is 0 Å². The number of nitrogens with two attached hydrogens (primary N) is 1. The molecule has 0 spiro atoms. The maximum absolute atomic E-state index is 6.37. The Balaban J connectivity index is 1.68. The van der Waals surface area contributed by atoms with Gasteiger partial charge in [0.05, 0.1) is 0 Å². The molecule has 4 aromatic rings. The summed E-state index contributed by atoms with van der Waals surface area (Å²) in [7, 11) is 0.